The summed E-state index contributed by atoms with van der Waals surface area (Å²) in [5.74, 6) is 2.44. The quantitative estimate of drug-likeness (QED) is 0.907. The zero-order valence-electron chi connectivity index (χ0n) is 12.1. The Kier molecular flexibility index (Phi) is 4.14. The van der Waals surface area contributed by atoms with Crippen molar-refractivity contribution in [3.05, 3.63) is 36.3 Å². The van der Waals surface area contributed by atoms with Crippen molar-refractivity contribution in [2.24, 2.45) is 0 Å². The zero-order chi connectivity index (χ0) is 14.5. The molecule has 2 aromatic heterocycles. The Morgan fingerprint density at radius 3 is 2.90 bits per heavy atom. The average molecular weight is 285 g/mol. The molecule has 0 spiro atoms. The molecule has 0 aromatic carbocycles. The first-order valence-corrected chi connectivity index (χ1v) is 7.15. The fraction of sp³-hybridized carbons (Fsp3) is 0.400. The van der Waals surface area contributed by atoms with Gasteiger partial charge in [0.25, 0.3) is 0 Å². The van der Waals surface area contributed by atoms with E-state index in [0.717, 1.165) is 30.3 Å². The van der Waals surface area contributed by atoms with Gasteiger partial charge in [-0.3, -0.25) is 0 Å². The Labute approximate surface area is 124 Å². The molecular weight excluding hydrogens is 266 g/mol. The molecule has 1 aliphatic rings. The first-order chi connectivity index (χ1) is 10.4. The van der Waals surface area contributed by atoms with Gasteiger partial charge in [-0.1, -0.05) is 6.07 Å². The lowest BCUT2D eigenvalue weighted by atomic mass is 10.2. The van der Waals surface area contributed by atoms with Crippen LogP contribution in [-0.4, -0.2) is 35.2 Å². The molecule has 3 rings (SSSR count). The fourth-order valence-corrected chi connectivity index (χ4v) is 2.49. The summed E-state index contributed by atoms with van der Waals surface area (Å²) < 4.78 is 5.25. The van der Waals surface area contributed by atoms with Crippen molar-refractivity contribution >= 4 is 11.6 Å². The van der Waals surface area contributed by atoms with Crippen LogP contribution in [0.3, 0.4) is 0 Å². The van der Waals surface area contributed by atoms with E-state index in [4.69, 9.17) is 4.74 Å². The summed E-state index contributed by atoms with van der Waals surface area (Å²) in [5.41, 5.74) is 1.00. The SMILES string of the molecule is COc1ncccc1CNc1cc(N2CCCC2)ncn1. The second kappa shape index (κ2) is 6.39. The minimum Gasteiger partial charge on any atom is -0.481 e. The number of anilines is 2. The van der Waals surface area contributed by atoms with Crippen LogP contribution in [0.15, 0.2) is 30.7 Å². The van der Waals surface area contributed by atoms with Crippen molar-refractivity contribution in [3.8, 4) is 5.88 Å². The lowest BCUT2D eigenvalue weighted by Crippen LogP contribution is -2.19. The van der Waals surface area contributed by atoms with Crippen molar-refractivity contribution in [1.29, 1.82) is 0 Å². The molecule has 1 saturated heterocycles. The minimum atomic E-state index is 0.619. The van der Waals surface area contributed by atoms with Crippen LogP contribution in [0, 0.1) is 0 Å². The molecule has 0 bridgehead atoms. The third-order valence-corrected chi connectivity index (χ3v) is 3.59. The minimum absolute atomic E-state index is 0.619. The van der Waals surface area contributed by atoms with Crippen LogP contribution in [0.1, 0.15) is 18.4 Å². The van der Waals surface area contributed by atoms with E-state index in [1.165, 1.54) is 12.8 Å². The van der Waals surface area contributed by atoms with Gasteiger partial charge in [-0.25, -0.2) is 15.0 Å². The van der Waals surface area contributed by atoms with E-state index in [1.54, 1.807) is 19.6 Å². The van der Waals surface area contributed by atoms with Gasteiger partial charge in [0.1, 0.15) is 18.0 Å². The van der Waals surface area contributed by atoms with Crippen LogP contribution in [0.25, 0.3) is 0 Å². The van der Waals surface area contributed by atoms with Gasteiger partial charge in [0.05, 0.1) is 7.11 Å². The van der Waals surface area contributed by atoms with Gasteiger partial charge < -0.3 is 15.0 Å². The van der Waals surface area contributed by atoms with Crippen molar-refractivity contribution in [2.45, 2.75) is 19.4 Å². The Hall–Kier alpha value is -2.37. The molecular formula is C15H19N5O. The van der Waals surface area contributed by atoms with Crippen LogP contribution in [0.2, 0.25) is 0 Å². The van der Waals surface area contributed by atoms with E-state index >= 15 is 0 Å². The van der Waals surface area contributed by atoms with E-state index in [2.05, 4.69) is 25.2 Å². The Balaban J connectivity index is 1.69. The highest BCUT2D eigenvalue weighted by molar-refractivity contribution is 5.49. The van der Waals surface area contributed by atoms with Crippen molar-refractivity contribution in [1.82, 2.24) is 15.0 Å². The second-order valence-electron chi connectivity index (χ2n) is 4.98. The predicted molar refractivity (Wildman–Crippen MR) is 81.6 cm³/mol. The van der Waals surface area contributed by atoms with Gasteiger partial charge in [-0.2, -0.15) is 0 Å². The van der Waals surface area contributed by atoms with E-state index in [9.17, 15) is 0 Å². The van der Waals surface area contributed by atoms with E-state index < -0.39 is 0 Å². The van der Waals surface area contributed by atoms with Crippen LogP contribution in [0.4, 0.5) is 11.6 Å². The van der Waals surface area contributed by atoms with E-state index in [-0.39, 0.29) is 0 Å². The summed E-state index contributed by atoms with van der Waals surface area (Å²) >= 11 is 0. The number of methoxy groups -OCH3 is 1. The molecule has 110 valence electrons. The number of aromatic nitrogens is 3. The second-order valence-corrected chi connectivity index (χ2v) is 4.98. The number of nitrogens with zero attached hydrogens (tertiary/aromatic N) is 4. The van der Waals surface area contributed by atoms with Crippen molar-refractivity contribution < 1.29 is 4.74 Å². The molecule has 6 nitrogen and oxygen atoms in total. The van der Waals surface area contributed by atoms with E-state index in [1.807, 2.05) is 18.2 Å². The summed E-state index contributed by atoms with van der Waals surface area (Å²) in [6.45, 7) is 2.77. The molecule has 1 aliphatic heterocycles. The third kappa shape index (κ3) is 3.21. The molecule has 3 heterocycles. The number of nitrogens with one attached hydrogen (secondary N) is 1. The van der Waals surface area contributed by atoms with Crippen LogP contribution >= 0.6 is 0 Å². The fourth-order valence-electron chi connectivity index (χ4n) is 2.49. The molecule has 0 atom stereocenters. The first-order valence-electron chi connectivity index (χ1n) is 7.15. The Bertz CT molecular complexity index is 598. The normalized spacial score (nSPS) is 14.2. The van der Waals surface area contributed by atoms with Gasteiger partial charge in [0, 0.05) is 37.5 Å². The van der Waals surface area contributed by atoms with Gasteiger partial charge in [-0.05, 0) is 18.9 Å². The number of ether oxygens (including phenoxy) is 1. The van der Waals surface area contributed by atoms with Crippen LogP contribution in [-0.2, 0) is 6.54 Å². The highest BCUT2D eigenvalue weighted by Crippen LogP contribution is 2.20. The predicted octanol–water partition coefficient (Wildman–Crippen LogP) is 2.09. The topological polar surface area (TPSA) is 63.2 Å². The maximum Gasteiger partial charge on any atom is 0.218 e. The molecule has 0 aliphatic carbocycles. The molecule has 1 fully saturated rings. The molecule has 1 N–H and O–H groups in total. The summed E-state index contributed by atoms with van der Waals surface area (Å²) in [5, 5.41) is 3.30. The van der Waals surface area contributed by atoms with Crippen molar-refractivity contribution in [3.63, 3.8) is 0 Å². The maximum atomic E-state index is 5.25. The average Bonchev–Trinajstić information content (AvgIpc) is 3.08. The Morgan fingerprint density at radius 2 is 2.10 bits per heavy atom. The van der Waals surface area contributed by atoms with Crippen LogP contribution < -0.4 is 15.0 Å². The number of hydrogen-bond acceptors (Lipinski definition) is 6. The molecule has 0 radical (unpaired) electrons. The van der Waals surface area contributed by atoms with E-state index in [0.29, 0.717) is 12.4 Å². The molecule has 0 unspecified atom stereocenters. The van der Waals surface area contributed by atoms with Gasteiger partial charge >= 0.3 is 0 Å². The maximum absolute atomic E-state index is 5.25. The monoisotopic (exact) mass is 285 g/mol. The zero-order valence-corrected chi connectivity index (χ0v) is 12.1. The highest BCUT2D eigenvalue weighted by Gasteiger charge is 2.14. The van der Waals surface area contributed by atoms with Gasteiger partial charge in [-0.15, -0.1) is 0 Å². The summed E-state index contributed by atoms with van der Waals surface area (Å²) in [6, 6.07) is 5.88. The van der Waals surface area contributed by atoms with Gasteiger partial charge in [0.15, 0.2) is 0 Å². The highest BCUT2D eigenvalue weighted by atomic mass is 16.5. The van der Waals surface area contributed by atoms with Crippen molar-refractivity contribution in [2.75, 3.05) is 30.4 Å². The summed E-state index contributed by atoms with van der Waals surface area (Å²) in [6.07, 6.45) is 5.80. The number of hydrogen-bond donors (Lipinski definition) is 1. The molecule has 0 saturated carbocycles. The number of pyridine rings is 1. The Morgan fingerprint density at radius 1 is 1.24 bits per heavy atom. The standard InChI is InChI=1S/C15H19N5O/c1-21-15-12(5-4-6-16-15)10-17-13-9-14(19-11-18-13)20-7-2-3-8-20/h4-6,9,11H,2-3,7-8,10H2,1H3,(H,17,18,19). The van der Waals surface area contributed by atoms with Gasteiger partial charge in [0.2, 0.25) is 5.88 Å². The summed E-state index contributed by atoms with van der Waals surface area (Å²) in [4.78, 5) is 15.1. The third-order valence-electron chi connectivity index (χ3n) is 3.59. The molecule has 21 heavy (non-hydrogen) atoms. The van der Waals surface area contributed by atoms with Crippen LogP contribution in [0.5, 0.6) is 5.88 Å². The first kappa shape index (κ1) is 13.6. The lowest BCUT2D eigenvalue weighted by Gasteiger charge is -2.16. The number of rotatable bonds is 5. The molecule has 6 heteroatoms. The lowest BCUT2D eigenvalue weighted by molar-refractivity contribution is 0.393. The molecule has 2 aromatic rings. The largest absolute Gasteiger partial charge is 0.481 e. The molecule has 0 amide bonds. The summed E-state index contributed by atoms with van der Waals surface area (Å²) in [7, 11) is 1.63. The smallest absolute Gasteiger partial charge is 0.218 e.